The molecule has 0 saturated carbocycles. The fourth-order valence-electron chi connectivity index (χ4n) is 1.28. The highest BCUT2D eigenvalue weighted by atomic mass is 16.4. The van der Waals surface area contributed by atoms with Gasteiger partial charge in [-0.05, 0) is 38.5 Å². The average molecular weight is 233 g/mol. The van der Waals surface area contributed by atoms with Gasteiger partial charge in [0, 0.05) is 16.8 Å². The zero-order chi connectivity index (χ0) is 13.0. The number of amides is 1. The number of aryl methyl sites for hydroxylation is 1. The number of benzene rings is 1. The van der Waals surface area contributed by atoms with Crippen LogP contribution in [0.25, 0.3) is 0 Å². The van der Waals surface area contributed by atoms with Crippen molar-refractivity contribution >= 4 is 17.6 Å². The van der Waals surface area contributed by atoms with Crippen molar-refractivity contribution in [1.82, 2.24) is 0 Å². The molecule has 4 nitrogen and oxygen atoms in total. The maximum absolute atomic E-state index is 11.7. The van der Waals surface area contributed by atoms with Crippen LogP contribution in [0.15, 0.2) is 35.4 Å². The molecule has 0 fully saturated rings. The lowest BCUT2D eigenvalue weighted by molar-refractivity contribution is -0.133. The minimum absolute atomic E-state index is 0.0511. The first kappa shape index (κ1) is 13.0. The second kappa shape index (κ2) is 5.30. The number of carboxylic acids is 1. The molecule has 0 saturated heterocycles. The van der Waals surface area contributed by atoms with Gasteiger partial charge in [0.2, 0.25) is 0 Å². The number of carboxylic acid groups (broad SMARTS) is 1. The molecule has 0 atom stereocenters. The van der Waals surface area contributed by atoms with Crippen LogP contribution in [0.4, 0.5) is 5.69 Å². The normalized spacial score (nSPS) is 11.7. The first-order valence-electron chi connectivity index (χ1n) is 5.20. The molecule has 1 amide bonds. The third kappa shape index (κ3) is 3.45. The van der Waals surface area contributed by atoms with E-state index >= 15 is 0 Å². The van der Waals surface area contributed by atoms with Crippen LogP contribution >= 0.6 is 0 Å². The summed E-state index contributed by atoms with van der Waals surface area (Å²) in [6.07, 6.45) is 0. The second-order valence-electron chi connectivity index (χ2n) is 3.88. The predicted octanol–water partition coefficient (Wildman–Crippen LogP) is 2.35. The van der Waals surface area contributed by atoms with E-state index in [2.05, 4.69) is 5.32 Å². The third-order valence-corrected chi connectivity index (χ3v) is 2.50. The van der Waals surface area contributed by atoms with Crippen molar-refractivity contribution in [2.24, 2.45) is 0 Å². The summed E-state index contributed by atoms with van der Waals surface area (Å²) in [5.74, 6) is -1.47. The maximum Gasteiger partial charge on any atom is 0.331 e. The smallest absolute Gasteiger partial charge is 0.331 e. The molecule has 17 heavy (non-hydrogen) atoms. The van der Waals surface area contributed by atoms with Gasteiger partial charge in [0.05, 0.1) is 0 Å². The zero-order valence-corrected chi connectivity index (χ0v) is 10.1. The molecular formula is C13H15NO3. The molecule has 1 rings (SSSR count). The summed E-state index contributed by atoms with van der Waals surface area (Å²) in [4.78, 5) is 22.5. The molecule has 90 valence electrons. The Kier molecular flexibility index (Phi) is 4.04. The molecule has 0 aliphatic carbocycles. The Labute approximate surface area is 100.0 Å². The van der Waals surface area contributed by atoms with Gasteiger partial charge in [-0.15, -0.1) is 0 Å². The molecule has 0 aliphatic heterocycles. The van der Waals surface area contributed by atoms with Gasteiger partial charge in [0.15, 0.2) is 0 Å². The van der Waals surface area contributed by atoms with Crippen molar-refractivity contribution in [2.75, 3.05) is 5.32 Å². The molecule has 2 N–H and O–H groups in total. The number of carbonyl (C=O) groups excluding carboxylic acids is 1. The number of anilines is 1. The van der Waals surface area contributed by atoms with Crippen molar-refractivity contribution in [3.8, 4) is 0 Å². The van der Waals surface area contributed by atoms with Crippen LogP contribution in [0.3, 0.4) is 0 Å². The Morgan fingerprint density at radius 2 is 1.82 bits per heavy atom. The lowest BCUT2D eigenvalue weighted by Crippen LogP contribution is -2.16. The number of hydrogen-bond acceptors (Lipinski definition) is 2. The van der Waals surface area contributed by atoms with Crippen molar-refractivity contribution in [3.05, 3.63) is 41.0 Å². The minimum atomic E-state index is -1.08. The molecule has 0 bridgehead atoms. The summed E-state index contributed by atoms with van der Waals surface area (Å²) in [6.45, 7) is 4.82. The monoisotopic (exact) mass is 233 g/mol. The van der Waals surface area contributed by atoms with Gasteiger partial charge in [0.1, 0.15) is 0 Å². The third-order valence-electron chi connectivity index (χ3n) is 2.50. The van der Waals surface area contributed by atoms with E-state index in [4.69, 9.17) is 5.11 Å². The summed E-state index contributed by atoms with van der Waals surface area (Å²) in [7, 11) is 0. The van der Waals surface area contributed by atoms with Gasteiger partial charge in [-0.3, -0.25) is 4.79 Å². The minimum Gasteiger partial charge on any atom is -0.478 e. The fourth-order valence-corrected chi connectivity index (χ4v) is 1.28. The highest BCUT2D eigenvalue weighted by Gasteiger charge is 2.12. The van der Waals surface area contributed by atoms with E-state index in [1.165, 1.54) is 13.8 Å². The zero-order valence-electron chi connectivity index (χ0n) is 10.1. The standard InChI is InChI=1S/C13H15NO3/c1-8-5-4-6-11(7-8)14-12(15)9(2)10(3)13(16)17/h4-7H,1-3H3,(H,14,15)(H,16,17). The quantitative estimate of drug-likeness (QED) is 0.787. The predicted molar refractivity (Wildman–Crippen MR) is 65.8 cm³/mol. The highest BCUT2D eigenvalue weighted by molar-refractivity contribution is 6.08. The van der Waals surface area contributed by atoms with E-state index in [0.29, 0.717) is 5.69 Å². The summed E-state index contributed by atoms with van der Waals surface area (Å²) < 4.78 is 0. The molecule has 1 aromatic rings. The topological polar surface area (TPSA) is 66.4 Å². The molecule has 0 radical (unpaired) electrons. The number of nitrogens with one attached hydrogen (secondary N) is 1. The van der Waals surface area contributed by atoms with Crippen LogP contribution in [0.5, 0.6) is 0 Å². The summed E-state index contributed by atoms with van der Waals surface area (Å²) >= 11 is 0. The maximum atomic E-state index is 11.7. The Bertz CT molecular complexity index is 489. The van der Waals surface area contributed by atoms with Gasteiger partial charge in [-0.1, -0.05) is 12.1 Å². The molecule has 0 spiro atoms. The molecule has 0 aromatic heterocycles. The van der Waals surface area contributed by atoms with E-state index < -0.39 is 11.9 Å². The SMILES string of the molecule is CC(C(=O)O)=C(C)C(=O)Nc1cccc(C)c1. The second-order valence-corrected chi connectivity index (χ2v) is 3.88. The summed E-state index contributed by atoms with van der Waals surface area (Å²) in [5.41, 5.74) is 1.95. The van der Waals surface area contributed by atoms with E-state index in [1.807, 2.05) is 25.1 Å². The first-order chi connectivity index (χ1) is 7.91. The Morgan fingerprint density at radius 3 is 2.35 bits per heavy atom. The highest BCUT2D eigenvalue weighted by Crippen LogP contribution is 2.12. The van der Waals surface area contributed by atoms with Crippen LogP contribution in [-0.4, -0.2) is 17.0 Å². The Hall–Kier alpha value is -2.10. The fraction of sp³-hybridized carbons (Fsp3) is 0.231. The number of hydrogen-bond donors (Lipinski definition) is 2. The lowest BCUT2D eigenvalue weighted by Gasteiger charge is -2.07. The van der Waals surface area contributed by atoms with Crippen molar-refractivity contribution < 1.29 is 14.7 Å². The van der Waals surface area contributed by atoms with Crippen LogP contribution < -0.4 is 5.32 Å². The first-order valence-corrected chi connectivity index (χ1v) is 5.20. The van der Waals surface area contributed by atoms with Crippen molar-refractivity contribution in [1.29, 1.82) is 0 Å². The van der Waals surface area contributed by atoms with Crippen LogP contribution in [0, 0.1) is 6.92 Å². The molecular weight excluding hydrogens is 218 g/mol. The average Bonchev–Trinajstić information content (AvgIpc) is 2.26. The van der Waals surface area contributed by atoms with Gasteiger partial charge >= 0.3 is 5.97 Å². The lowest BCUT2D eigenvalue weighted by atomic mass is 10.1. The van der Waals surface area contributed by atoms with Crippen LogP contribution in [0.1, 0.15) is 19.4 Å². The van der Waals surface area contributed by atoms with E-state index in [9.17, 15) is 9.59 Å². The van der Waals surface area contributed by atoms with E-state index in [0.717, 1.165) is 5.56 Å². The van der Waals surface area contributed by atoms with E-state index in [-0.39, 0.29) is 11.1 Å². The summed E-state index contributed by atoms with van der Waals surface area (Å²) in [5, 5.41) is 11.4. The largest absolute Gasteiger partial charge is 0.478 e. The molecule has 4 heteroatoms. The Balaban J connectivity index is 2.87. The number of carbonyl (C=O) groups is 2. The van der Waals surface area contributed by atoms with Gasteiger partial charge in [-0.2, -0.15) is 0 Å². The van der Waals surface area contributed by atoms with Crippen LogP contribution in [-0.2, 0) is 9.59 Å². The van der Waals surface area contributed by atoms with Crippen LogP contribution in [0.2, 0.25) is 0 Å². The van der Waals surface area contributed by atoms with E-state index in [1.54, 1.807) is 6.07 Å². The molecule has 0 aliphatic rings. The van der Waals surface area contributed by atoms with Crippen molar-refractivity contribution in [2.45, 2.75) is 20.8 Å². The van der Waals surface area contributed by atoms with Gasteiger partial charge in [-0.25, -0.2) is 4.79 Å². The molecule has 0 unspecified atom stereocenters. The molecule has 0 heterocycles. The Morgan fingerprint density at radius 1 is 1.18 bits per heavy atom. The summed E-state index contributed by atoms with van der Waals surface area (Å²) in [6, 6.07) is 7.32. The number of aliphatic carboxylic acids is 1. The van der Waals surface area contributed by atoms with Gasteiger partial charge < -0.3 is 10.4 Å². The molecule has 1 aromatic carbocycles. The van der Waals surface area contributed by atoms with Gasteiger partial charge in [0.25, 0.3) is 5.91 Å². The van der Waals surface area contributed by atoms with Crippen molar-refractivity contribution in [3.63, 3.8) is 0 Å². The number of rotatable bonds is 3.